The fourth-order valence-corrected chi connectivity index (χ4v) is 8.14. The first-order valence-electron chi connectivity index (χ1n) is 19.6. The molecule has 0 unspecified atom stereocenters. The molecule has 2 amide bonds. The van der Waals surface area contributed by atoms with E-state index in [4.69, 9.17) is 14.7 Å². The predicted octanol–water partition coefficient (Wildman–Crippen LogP) is 8.06. The van der Waals surface area contributed by atoms with E-state index in [1.807, 2.05) is 102 Å². The van der Waals surface area contributed by atoms with E-state index >= 15 is 0 Å². The van der Waals surface area contributed by atoms with Crippen LogP contribution in [0, 0.1) is 0 Å². The zero-order valence-electron chi connectivity index (χ0n) is 32.1. The van der Waals surface area contributed by atoms with Crippen LogP contribution in [0.4, 0.5) is 0 Å². The molecule has 2 fully saturated rings. The van der Waals surface area contributed by atoms with Crippen LogP contribution in [0.15, 0.2) is 122 Å². The number of aromatic amines is 2. The van der Waals surface area contributed by atoms with Gasteiger partial charge in [0.2, 0.25) is 11.8 Å². The number of hydrogen-bond donors (Lipinski definition) is 2. The van der Waals surface area contributed by atoms with Gasteiger partial charge in [0, 0.05) is 13.1 Å². The van der Waals surface area contributed by atoms with E-state index in [0.717, 1.165) is 95.2 Å². The van der Waals surface area contributed by atoms with E-state index < -0.39 is 0 Å². The quantitative estimate of drug-likeness (QED) is 0.124. The maximum atomic E-state index is 13.9. The number of likely N-dealkylation sites (tertiary alicyclic amines) is 2. The number of amides is 2. The maximum Gasteiger partial charge on any atom is 0.245 e. The number of carbonyl (C=O) groups is 2. The Kier molecular flexibility index (Phi) is 11.2. The largest absolute Gasteiger partial charge is 0.372 e. The van der Waals surface area contributed by atoms with Gasteiger partial charge in [-0.25, -0.2) is 9.97 Å². The molecule has 0 spiro atoms. The van der Waals surface area contributed by atoms with Crippen LogP contribution in [0.2, 0.25) is 0 Å². The second-order valence-corrected chi connectivity index (χ2v) is 15.1. The molecule has 2 saturated heterocycles. The summed E-state index contributed by atoms with van der Waals surface area (Å²) in [4.78, 5) is 49.4. The number of hydrogen-bond acceptors (Lipinski definition) is 6. The van der Waals surface area contributed by atoms with Gasteiger partial charge < -0.3 is 24.5 Å². The third-order valence-corrected chi connectivity index (χ3v) is 11.1. The molecule has 2 aliphatic heterocycles. The number of aromatic nitrogens is 4. The average molecular weight is 748 g/mol. The van der Waals surface area contributed by atoms with Gasteiger partial charge in [0.15, 0.2) is 0 Å². The zero-order valence-corrected chi connectivity index (χ0v) is 32.1. The number of carbonyl (C=O) groups excluding carboxylic acids is 2. The van der Waals surface area contributed by atoms with Crippen molar-refractivity contribution in [1.82, 2.24) is 34.6 Å². The molecule has 0 bridgehead atoms. The second-order valence-electron chi connectivity index (χ2n) is 15.1. The minimum absolute atomic E-state index is 0.0274. The normalized spacial score (nSPS) is 17.5. The monoisotopic (exact) mass is 747 g/mol. The lowest BCUT2D eigenvalue weighted by atomic mass is 10.0. The Morgan fingerprint density at radius 1 is 0.679 bits per heavy atom. The number of ether oxygens (including phenoxy) is 1. The highest BCUT2D eigenvalue weighted by Crippen LogP contribution is 2.35. The summed E-state index contributed by atoms with van der Waals surface area (Å²) in [6.45, 7) is 2.47. The zero-order chi connectivity index (χ0) is 38.4. The predicted molar refractivity (Wildman–Crippen MR) is 217 cm³/mol. The Bertz CT molecular complexity index is 2210. The van der Waals surface area contributed by atoms with Gasteiger partial charge in [-0.15, -0.1) is 0 Å². The molecule has 0 aliphatic carbocycles. The number of benzene rings is 4. The van der Waals surface area contributed by atoms with Gasteiger partial charge in [0.1, 0.15) is 17.7 Å². The fraction of sp³-hybridized carbons (Fsp3) is 0.304. The summed E-state index contributed by atoms with van der Waals surface area (Å²) in [5.74, 6) is 1.92. The smallest absolute Gasteiger partial charge is 0.245 e. The number of imidazole rings is 2. The van der Waals surface area contributed by atoms with Gasteiger partial charge in [-0.1, -0.05) is 109 Å². The first kappa shape index (κ1) is 37.1. The molecule has 10 nitrogen and oxygen atoms in total. The standard InChI is InChI=1S/C46H49N7O3/c1-51(2)43(37-13-7-4-8-14-37)46(55)53-26-10-16-41(53)45-48-29-39(50-45)36-23-19-34(20-24-36)31-56-30-33-17-21-35(22-18-33)38-28-47-44(49-38)40-15-9-25-52(40)42(54)27-32-11-5-3-6-12-32/h3-8,11-14,17-24,28-29,40-41,43H,9-10,15-16,25-27,30-31H2,1-2H3,(H,47,49)(H,48,50)/t40-,41-,43+/m0/s1. The van der Waals surface area contributed by atoms with Gasteiger partial charge in [-0.2, -0.15) is 0 Å². The highest BCUT2D eigenvalue weighted by molar-refractivity contribution is 5.84. The average Bonchev–Trinajstić information content (AvgIpc) is 4.06. The number of nitrogens with one attached hydrogen (secondary N) is 2. The summed E-state index contributed by atoms with van der Waals surface area (Å²) in [5.41, 5.74) is 8.15. The number of rotatable bonds is 13. The van der Waals surface area contributed by atoms with Crippen LogP contribution < -0.4 is 0 Å². The van der Waals surface area contributed by atoms with E-state index in [1.54, 1.807) is 0 Å². The number of H-pyrrole nitrogens is 2. The van der Waals surface area contributed by atoms with Gasteiger partial charge in [-0.3, -0.25) is 14.5 Å². The molecule has 4 heterocycles. The highest BCUT2D eigenvalue weighted by atomic mass is 16.5. The summed E-state index contributed by atoms with van der Waals surface area (Å²) >= 11 is 0. The Labute approximate surface area is 328 Å². The lowest BCUT2D eigenvalue weighted by Crippen LogP contribution is -2.40. The molecule has 0 saturated carbocycles. The molecule has 2 aromatic heterocycles. The molecule has 4 aromatic carbocycles. The first-order valence-corrected chi connectivity index (χ1v) is 19.6. The molecule has 2 aliphatic rings. The van der Waals surface area contributed by atoms with Crippen LogP contribution in [-0.4, -0.2) is 73.6 Å². The summed E-state index contributed by atoms with van der Waals surface area (Å²) in [7, 11) is 3.92. The molecule has 8 rings (SSSR count). The summed E-state index contributed by atoms with van der Waals surface area (Å²) < 4.78 is 6.10. The van der Waals surface area contributed by atoms with Crippen LogP contribution in [0.1, 0.15) is 77.7 Å². The highest BCUT2D eigenvalue weighted by Gasteiger charge is 2.37. The molecule has 10 heteroatoms. The Hall–Kier alpha value is -5.84. The molecular weight excluding hydrogens is 699 g/mol. The Morgan fingerprint density at radius 2 is 1.18 bits per heavy atom. The van der Waals surface area contributed by atoms with Crippen molar-refractivity contribution in [2.24, 2.45) is 0 Å². The van der Waals surface area contributed by atoms with Crippen molar-refractivity contribution in [1.29, 1.82) is 0 Å². The van der Waals surface area contributed by atoms with E-state index in [1.165, 1.54) is 0 Å². The molecular formula is C46H49N7O3. The minimum Gasteiger partial charge on any atom is -0.372 e. The molecule has 6 aromatic rings. The van der Waals surface area contributed by atoms with Gasteiger partial charge >= 0.3 is 0 Å². The third kappa shape index (κ3) is 8.22. The SMILES string of the molecule is CN(C)[C@@H](C(=O)N1CCC[C@H]1c1ncc(-c2ccc(COCc3ccc(-c4cnc([C@@H]5CCCN5C(=O)Cc5ccccc5)[nH]4)cc3)cc2)[nH]1)c1ccccc1. The molecule has 2 N–H and O–H groups in total. The fourth-order valence-electron chi connectivity index (χ4n) is 8.14. The lowest BCUT2D eigenvalue weighted by Gasteiger charge is -2.31. The van der Waals surface area contributed by atoms with Gasteiger partial charge in [-0.05, 0) is 73.2 Å². The van der Waals surface area contributed by atoms with Crippen LogP contribution in [0.3, 0.4) is 0 Å². The van der Waals surface area contributed by atoms with Crippen molar-refractivity contribution in [2.75, 3.05) is 27.2 Å². The van der Waals surface area contributed by atoms with E-state index in [9.17, 15) is 9.59 Å². The summed E-state index contributed by atoms with van der Waals surface area (Å²) in [5, 5.41) is 0. The van der Waals surface area contributed by atoms with E-state index in [2.05, 4.69) is 58.5 Å². The first-order chi connectivity index (χ1) is 27.4. The summed E-state index contributed by atoms with van der Waals surface area (Å²) in [6, 6.07) is 36.1. The van der Waals surface area contributed by atoms with Crippen molar-refractivity contribution in [3.05, 3.63) is 155 Å². The lowest BCUT2D eigenvalue weighted by molar-refractivity contribution is -0.137. The van der Waals surface area contributed by atoms with Crippen molar-refractivity contribution in [2.45, 2.75) is 63.4 Å². The Balaban J connectivity index is 0.833. The molecule has 3 atom stereocenters. The van der Waals surface area contributed by atoms with Gasteiger partial charge in [0.05, 0.1) is 55.5 Å². The van der Waals surface area contributed by atoms with Crippen molar-refractivity contribution < 1.29 is 14.3 Å². The van der Waals surface area contributed by atoms with Crippen LogP contribution >= 0.6 is 0 Å². The van der Waals surface area contributed by atoms with Crippen molar-refractivity contribution >= 4 is 11.8 Å². The van der Waals surface area contributed by atoms with Crippen molar-refractivity contribution in [3.8, 4) is 22.5 Å². The maximum absolute atomic E-state index is 13.9. The van der Waals surface area contributed by atoms with Crippen LogP contribution in [0.5, 0.6) is 0 Å². The minimum atomic E-state index is -0.338. The Morgan fingerprint density at radius 3 is 1.71 bits per heavy atom. The third-order valence-electron chi connectivity index (χ3n) is 11.1. The van der Waals surface area contributed by atoms with E-state index in [0.29, 0.717) is 19.6 Å². The summed E-state index contributed by atoms with van der Waals surface area (Å²) in [6.07, 6.45) is 7.86. The second kappa shape index (κ2) is 16.9. The number of likely N-dealkylation sites (N-methyl/N-ethyl adjacent to an activating group) is 1. The molecule has 286 valence electrons. The van der Waals surface area contributed by atoms with Crippen molar-refractivity contribution in [3.63, 3.8) is 0 Å². The van der Waals surface area contributed by atoms with E-state index in [-0.39, 0.29) is 29.9 Å². The molecule has 56 heavy (non-hydrogen) atoms. The van der Waals surface area contributed by atoms with Crippen LogP contribution in [0.25, 0.3) is 22.5 Å². The number of nitrogens with zero attached hydrogens (tertiary/aromatic N) is 5. The van der Waals surface area contributed by atoms with Crippen LogP contribution in [-0.2, 0) is 34.0 Å². The topological polar surface area (TPSA) is 110 Å². The van der Waals surface area contributed by atoms with Gasteiger partial charge in [0.25, 0.3) is 0 Å². The molecule has 0 radical (unpaired) electrons.